The highest BCUT2D eigenvalue weighted by atomic mass is 32.2. The summed E-state index contributed by atoms with van der Waals surface area (Å²) in [6.45, 7) is 0.398. The van der Waals surface area contributed by atoms with Gasteiger partial charge < -0.3 is 5.32 Å². The Balaban J connectivity index is 2.20. The number of sulfonamides is 1. The number of nitrogens with zero attached hydrogens (tertiary/aromatic N) is 1. The topological polar surface area (TPSA) is 101 Å². The van der Waals surface area contributed by atoms with Crippen LogP contribution in [0.2, 0.25) is 0 Å². The predicted molar refractivity (Wildman–Crippen MR) is 83.3 cm³/mol. The number of nitro groups is 1. The molecule has 0 radical (unpaired) electrons. The molecule has 1 aromatic carbocycles. The summed E-state index contributed by atoms with van der Waals surface area (Å²) in [5.74, 6) is 2.37. The lowest BCUT2D eigenvalue weighted by molar-refractivity contribution is -0.384. The molecule has 1 aromatic rings. The summed E-state index contributed by atoms with van der Waals surface area (Å²) in [6, 6.07) is 3.68. The van der Waals surface area contributed by atoms with E-state index in [-0.39, 0.29) is 16.3 Å². The van der Waals surface area contributed by atoms with E-state index in [0.29, 0.717) is 12.5 Å². The van der Waals surface area contributed by atoms with E-state index in [9.17, 15) is 18.5 Å². The van der Waals surface area contributed by atoms with Crippen molar-refractivity contribution in [3.05, 3.63) is 28.3 Å². The molecule has 9 heteroatoms. The molecule has 0 bridgehead atoms. The summed E-state index contributed by atoms with van der Waals surface area (Å²) in [5, 5.41) is 13.4. The van der Waals surface area contributed by atoms with E-state index in [1.54, 1.807) is 0 Å². The van der Waals surface area contributed by atoms with E-state index in [4.69, 9.17) is 0 Å². The van der Waals surface area contributed by atoms with Gasteiger partial charge in [0.25, 0.3) is 5.69 Å². The maximum absolute atomic E-state index is 12.3. The minimum absolute atomic E-state index is 0.0289. The van der Waals surface area contributed by atoms with Crippen LogP contribution in [0.15, 0.2) is 23.1 Å². The van der Waals surface area contributed by atoms with Crippen LogP contribution in [0.4, 0.5) is 11.4 Å². The largest absolute Gasteiger partial charge is 0.387 e. The maximum atomic E-state index is 12.3. The number of benzene rings is 1. The summed E-state index contributed by atoms with van der Waals surface area (Å²) in [4.78, 5) is 10.2. The number of hydrogen-bond donors (Lipinski definition) is 2. The number of nitrogens with one attached hydrogen (secondary N) is 2. The number of hydrogen-bond acceptors (Lipinski definition) is 6. The minimum Gasteiger partial charge on any atom is -0.387 e. The zero-order valence-corrected chi connectivity index (χ0v) is 13.2. The van der Waals surface area contributed by atoms with Crippen LogP contribution in [-0.4, -0.2) is 38.4 Å². The lowest BCUT2D eigenvalue weighted by atomic mass is 10.1. The van der Waals surface area contributed by atoms with Crippen molar-refractivity contribution in [2.75, 3.05) is 30.4 Å². The fourth-order valence-electron chi connectivity index (χ4n) is 2.11. The molecule has 1 fully saturated rings. The molecule has 2 N–H and O–H groups in total. The standard InChI is InChI=1S/C12H17N3O4S2/c1-13-11-6-10(15(16)17)2-3-12(11)21(18,19)14-7-9-4-5-20-8-9/h2-3,6,9,13-14H,4-5,7-8H2,1H3. The van der Waals surface area contributed by atoms with Crippen molar-refractivity contribution in [1.82, 2.24) is 4.72 Å². The highest BCUT2D eigenvalue weighted by Gasteiger charge is 2.23. The molecular formula is C12H17N3O4S2. The van der Waals surface area contributed by atoms with E-state index >= 15 is 0 Å². The zero-order chi connectivity index (χ0) is 15.5. The molecule has 116 valence electrons. The second-order valence-electron chi connectivity index (χ2n) is 4.77. The Morgan fingerprint density at radius 3 is 2.81 bits per heavy atom. The van der Waals surface area contributed by atoms with Gasteiger partial charge in [-0.25, -0.2) is 13.1 Å². The first-order valence-electron chi connectivity index (χ1n) is 6.47. The molecule has 21 heavy (non-hydrogen) atoms. The van der Waals surface area contributed by atoms with Gasteiger partial charge in [0.1, 0.15) is 4.90 Å². The van der Waals surface area contributed by atoms with Crippen molar-refractivity contribution in [1.29, 1.82) is 0 Å². The van der Waals surface area contributed by atoms with Gasteiger partial charge in [0.2, 0.25) is 10.0 Å². The quantitative estimate of drug-likeness (QED) is 0.607. The van der Waals surface area contributed by atoms with Crippen LogP contribution in [0, 0.1) is 16.0 Å². The van der Waals surface area contributed by atoms with Crippen LogP contribution in [0.25, 0.3) is 0 Å². The van der Waals surface area contributed by atoms with Gasteiger partial charge in [-0.15, -0.1) is 0 Å². The van der Waals surface area contributed by atoms with Crippen molar-refractivity contribution < 1.29 is 13.3 Å². The molecule has 1 aliphatic rings. The number of thioether (sulfide) groups is 1. The van der Waals surface area contributed by atoms with Crippen LogP contribution >= 0.6 is 11.8 Å². The lowest BCUT2D eigenvalue weighted by Gasteiger charge is -2.13. The molecule has 1 heterocycles. The molecule has 0 spiro atoms. The van der Waals surface area contributed by atoms with Crippen LogP contribution in [0.3, 0.4) is 0 Å². The van der Waals surface area contributed by atoms with Gasteiger partial charge in [-0.2, -0.15) is 11.8 Å². The molecule has 1 unspecified atom stereocenters. The molecule has 1 aliphatic heterocycles. The molecule has 0 amide bonds. The second kappa shape index (κ2) is 6.63. The van der Waals surface area contributed by atoms with Crippen LogP contribution in [0.1, 0.15) is 6.42 Å². The van der Waals surface area contributed by atoms with Gasteiger partial charge in [0, 0.05) is 25.7 Å². The smallest absolute Gasteiger partial charge is 0.271 e. The Kier molecular flexibility index (Phi) is 5.07. The summed E-state index contributed by atoms with van der Waals surface area (Å²) in [5.41, 5.74) is 0.0722. The summed E-state index contributed by atoms with van der Waals surface area (Å²) in [7, 11) is -2.14. The molecule has 1 atom stereocenters. The minimum atomic E-state index is -3.68. The average molecular weight is 331 g/mol. The van der Waals surface area contributed by atoms with E-state index in [1.165, 1.54) is 25.2 Å². The summed E-state index contributed by atoms with van der Waals surface area (Å²) in [6.07, 6.45) is 1.01. The van der Waals surface area contributed by atoms with Gasteiger partial charge in [-0.1, -0.05) is 0 Å². The van der Waals surface area contributed by atoms with Gasteiger partial charge in [-0.3, -0.25) is 10.1 Å². The van der Waals surface area contributed by atoms with Gasteiger partial charge in [0.15, 0.2) is 0 Å². The van der Waals surface area contributed by atoms with Gasteiger partial charge in [0.05, 0.1) is 10.6 Å². The third-order valence-electron chi connectivity index (χ3n) is 3.32. The van der Waals surface area contributed by atoms with E-state index in [1.807, 2.05) is 11.8 Å². The van der Waals surface area contributed by atoms with Gasteiger partial charge in [-0.05, 0) is 29.9 Å². The first-order valence-corrected chi connectivity index (χ1v) is 9.11. The van der Waals surface area contributed by atoms with Crippen molar-refractivity contribution in [3.63, 3.8) is 0 Å². The molecule has 2 rings (SSSR count). The van der Waals surface area contributed by atoms with Crippen molar-refractivity contribution in [2.45, 2.75) is 11.3 Å². The van der Waals surface area contributed by atoms with Crippen molar-refractivity contribution in [2.24, 2.45) is 5.92 Å². The number of non-ortho nitro benzene ring substituents is 1. The highest BCUT2D eigenvalue weighted by molar-refractivity contribution is 7.99. The Bertz CT molecular complexity index is 627. The summed E-state index contributed by atoms with van der Waals surface area (Å²) >= 11 is 1.82. The fraction of sp³-hybridized carbons (Fsp3) is 0.500. The Morgan fingerprint density at radius 1 is 1.48 bits per heavy atom. The third kappa shape index (κ3) is 3.86. The number of nitro benzene ring substituents is 1. The molecule has 1 saturated heterocycles. The van der Waals surface area contributed by atoms with Crippen molar-refractivity contribution in [3.8, 4) is 0 Å². The molecule has 0 aliphatic carbocycles. The predicted octanol–water partition coefficient (Wildman–Crippen LogP) is 1.67. The Hall–Kier alpha value is -1.32. The molecule has 0 aromatic heterocycles. The monoisotopic (exact) mass is 331 g/mol. The fourth-order valence-corrected chi connectivity index (χ4v) is 4.70. The SMILES string of the molecule is CNc1cc([N+](=O)[O-])ccc1S(=O)(=O)NCC1CCSC1. The highest BCUT2D eigenvalue weighted by Crippen LogP contribution is 2.27. The first-order chi connectivity index (χ1) is 9.94. The third-order valence-corrected chi connectivity index (χ3v) is 6.03. The second-order valence-corrected chi connectivity index (χ2v) is 7.65. The summed E-state index contributed by atoms with van der Waals surface area (Å²) < 4.78 is 27.2. The zero-order valence-electron chi connectivity index (χ0n) is 11.5. The van der Waals surface area contributed by atoms with E-state index < -0.39 is 14.9 Å². The lowest BCUT2D eigenvalue weighted by Crippen LogP contribution is -2.29. The van der Waals surface area contributed by atoms with Crippen LogP contribution in [0.5, 0.6) is 0 Å². The number of anilines is 1. The number of rotatable bonds is 6. The van der Waals surface area contributed by atoms with Crippen LogP contribution < -0.4 is 10.0 Å². The van der Waals surface area contributed by atoms with E-state index in [2.05, 4.69) is 10.0 Å². The molecule has 0 saturated carbocycles. The first kappa shape index (κ1) is 16.1. The average Bonchev–Trinajstić information content (AvgIpc) is 2.97. The van der Waals surface area contributed by atoms with E-state index in [0.717, 1.165) is 17.9 Å². The normalized spacial score (nSPS) is 18.6. The molecular weight excluding hydrogens is 314 g/mol. The Morgan fingerprint density at radius 2 is 2.24 bits per heavy atom. The van der Waals surface area contributed by atoms with Crippen molar-refractivity contribution >= 4 is 33.2 Å². The van der Waals surface area contributed by atoms with Gasteiger partial charge >= 0.3 is 0 Å². The van der Waals surface area contributed by atoms with Crippen LogP contribution in [-0.2, 0) is 10.0 Å². The maximum Gasteiger partial charge on any atom is 0.271 e. The Labute approximate surface area is 127 Å². The molecule has 7 nitrogen and oxygen atoms in total.